The summed E-state index contributed by atoms with van der Waals surface area (Å²) in [6, 6.07) is 58.5. The first-order chi connectivity index (χ1) is 23.7. The minimum atomic E-state index is 1.02. The molecule has 7 aromatic carbocycles. The van der Waals surface area contributed by atoms with E-state index in [2.05, 4.69) is 187 Å². The predicted molar refractivity (Wildman–Crippen MR) is 203 cm³/mol. The number of fused-ring (bicyclic) bond motifs is 6. The molecule has 0 aliphatic heterocycles. The first-order valence-electron chi connectivity index (χ1n) is 16.5. The lowest BCUT2D eigenvalue weighted by atomic mass is 9.94. The van der Waals surface area contributed by atoms with Crippen molar-refractivity contribution in [3.05, 3.63) is 175 Å². The van der Waals surface area contributed by atoms with Gasteiger partial charge >= 0.3 is 0 Å². The normalized spacial score (nSPS) is 11.5. The predicted octanol–water partition coefficient (Wildman–Crippen LogP) is 12.2. The Morgan fingerprint density at radius 2 is 1.02 bits per heavy atom. The van der Waals surface area contributed by atoms with Crippen molar-refractivity contribution >= 4 is 60.5 Å². The third kappa shape index (κ3) is 4.39. The van der Waals surface area contributed by atoms with E-state index in [1.54, 1.807) is 0 Å². The average molecular weight is 616 g/mol. The van der Waals surface area contributed by atoms with Gasteiger partial charge in [-0.15, -0.1) is 0 Å². The molecule has 0 spiro atoms. The van der Waals surface area contributed by atoms with Crippen LogP contribution >= 0.6 is 0 Å². The van der Waals surface area contributed by atoms with Crippen molar-refractivity contribution < 1.29 is 0 Å². The molecule has 0 saturated carbocycles. The van der Waals surface area contributed by atoms with Crippen molar-refractivity contribution in [2.75, 3.05) is 4.90 Å². The van der Waals surface area contributed by atoms with Crippen LogP contribution in [0.5, 0.6) is 0 Å². The van der Waals surface area contributed by atoms with Crippen molar-refractivity contribution in [1.82, 2.24) is 9.55 Å². The van der Waals surface area contributed by atoms with Crippen LogP contribution in [0.15, 0.2) is 164 Å². The van der Waals surface area contributed by atoms with Crippen molar-refractivity contribution in [3.63, 3.8) is 0 Å². The summed E-state index contributed by atoms with van der Waals surface area (Å²) in [7, 11) is 0. The molecule has 0 aliphatic rings. The van der Waals surface area contributed by atoms with Gasteiger partial charge in [-0.05, 0) is 91.0 Å². The lowest BCUT2D eigenvalue weighted by Gasteiger charge is -2.25. The molecular weight excluding hydrogens is 583 g/mol. The Morgan fingerprint density at radius 3 is 1.75 bits per heavy atom. The topological polar surface area (TPSA) is 21.1 Å². The van der Waals surface area contributed by atoms with E-state index in [4.69, 9.17) is 4.98 Å². The van der Waals surface area contributed by atoms with Gasteiger partial charge in [-0.3, -0.25) is 0 Å². The van der Waals surface area contributed by atoms with Crippen molar-refractivity contribution in [3.8, 4) is 16.9 Å². The van der Waals surface area contributed by atoms with Crippen LogP contribution in [0.2, 0.25) is 0 Å². The van der Waals surface area contributed by atoms with Gasteiger partial charge in [0.25, 0.3) is 0 Å². The number of hydrogen-bond acceptors (Lipinski definition) is 2. The van der Waals surface area contributed by atoms with Gasteiger partial charge in [0.2, 0.25) is 0 Å². The molecule has 0 saturated heterocycles. The lowest BCUT2D eigenvalue weighted by molar-refractivity contribution is 1.13. The Balaban J connectivity index is 1.24. The third-order valence-electron chi connectivity index (χ3n) is 9.81. The number of nitrogens with zero attached hydrogens (tertiary/aromatic N) is 3. The summed E-state index contributed by atoms with van der Waals surface area (Å²) in [4.78, 5) is 7.56. The number of hydrogen-bond donors (Lipinski definition) is 0. The molecule has 0 N–H and O–H groups in total. The largest absolute Gasteiger partial charge is 0.310 e. The molecule has 2 aromatic heterocycles. The van der Waals surface area contributed by atoms with Crippen LogP contribution in [0.4, 0.5) is 17.1 Å². The Labute approximate surface area is 280 Å². The Hall–Kier alpha value is -6.19. The molecule has 228 valence electrons. The van der Waals surface area contributed by atoms with E-state index in [1.165, 1.54) is 60.3 Å². The molecule has 0 unspecified atom stereocenters. The van der Waals surface area contributed by atoms with Crippen LogP contribution in [0.3, 0.4) is 0 Å². The second-order valence-electron chi connectivity index (χ2n) is 12.5. The Bertz CT molecular complexity index is 2600. The molecule has 48 heavy (non-hydrogen) atoms. The standard InChI is InChI=1S/C45H33N3/c1-30-31(2)42(28-26-35(30)45-39-22-10-9-19-36(39)37-20-11-13-23-41(37)46-45)48-43-24-14-12-21-38(43)40-29-34(25-27-44(40)48)47(32-15-5-3-6-16-32)33-17-7-4-8-18-33/h3-29H,1-2H3. The first-order valence-corrected chi connectivity index (χ1v) is 16.5. The maximum atomic E-state index is 5.23. The summed E-state index contributed by atoms with van der Waals surface area (Å²) in [5.74, 6) is 0. The number of para-hydroxylation sites is 4. The average Bonchev–Trinajstić information content (AvgIpc) is 3.47. The number of aromatic nitrogens is 2. The molecule has 0 radical (unpaired) electrons. The molecule has 0 aliphatic carbocycles. The molecule has 0 fully saturated rings. The van der Waals surface area contributed by atoms with Crippen LogP contribution in [0.1, 0.15) is 11.1 Å². The lowest BCUT2D eigenvalue weighted by Crippen LogP contribution is -2.09. The molecule has 3 nitrogen and oxygen atoms in total. The first kappa shape index (κ1) is 28.1. The second kappa shape index (κ2) is 11.3. The van der Waals surface area contributed by atoms with Crippen LogP contribution in [0.25, 0.3) is 60.4 Å². The fraction of sp³-hybridized carbons (Fsp3) is 0.0444. The van der Waals surface area contributed by atoms with Crippen LogP contribution in [-0.2, 0) is 0 Å². The summed E-state index contributed by atoms with van der Waals surface area (Å²) >= 11 is 0. The number of anilines is 3. The second-order valence-corrected chi connectivity index (χ2v) is 12.5. The van der Waals surface area contributed by atoms with Crippen molar-refractivity contribution in [2.45, 2.75) is 13.8 Å². The van der Waals surface area contributed by atoms with Crippen LogP contribution in [0, 0.1) is 13.8 Å². The molecular formula is C45H33N3. The summed E-state index contributed by atoms with van der Waals surface area (Å²) in [5, 5.41) is 6.06. The van der Waals surface area contributed by atoms with Gasteiger partial charge in [-0.2, -0.15) is 0 Å². The fourth-order valence-corrected chi connectivity index (χ4v) is 7.38. The van der Waals surface area contributed by atoms with Crippen LogP contribution in [-0.4, -0.2) is 9.55 Å². The molecule has 9 rings (SSSR count). The molecule has 3 heteroatoms. The number of pyridine rings is 1. The summed E-state index contributed by atoms with van der Waals surface area (Å²) in [6.07, 6.45) is 0. The highest BCUT2D eigenvalue weighted by Crippen LogP contribution is 2.41. The molecule has 0 amide bonds. The van der Waals surface area contributed by atoms with Gasteiger partial charge in [0.05, 0.1) is 22.2 Å². The third-order valence-corrected chi connectivity index (χ3v) is 9.81. The number of rotatable bonds is 5. The van der Waals surface area contributed by atoms with Gasteiger partial charge in [0.15, 0.2) is 0 Å². The monoisotopic (exact) mass is 615 g/mol. The number of benzene rings is 7. The smallest absolute Gasteiger partial charge is 0.0790 e. The van der Waals surface area contributed by atoms with Crippen LogP contribution < -0.4 is 4.90 Å². The summed E-state index contributed by atoms with van der Waals surface area (Å²) < 4.78 is 2.43. The van der Waals surface area contributed by atoms with Gasteiger partial charge in [0.1, 0.15) is 0 Å². The summed E-state index contributed by atoms with van der Waals surface area (Å²) in [6.45, 7) is 4.49. The van der Waals surface area contributed by atoms with E-state index in [1.807, 2.05) is 0 Å². The minimum Gasteiger partial charge on any atom is -0.310 e. The van der Waals surface area contributed by atoms with E-state index in [9.17, 15) is 0 Å². The highest BCUT2D eigenvalue weighted by molar-refractivity contribution is 6.12. The van der Waals surface area contributed by atoms with Gasteiger partial charge < -0.3 is 9.47 Å². The maximum absolute atomic E-state index is 5.23. The van der Waals surface area contributed by atoms with E-state index < -0.39 is 0 Å². The Kier molecular flexibility index (Phi) is 6.58. The van der Waals surface area contributed by atoms with Gasteiger partial charge in [0, 0.05) is 49.9 Å². The summed E-state index contributed by atoms with van der Waals surface area (Å²) in [5.41, 5.74) is 12.6. The van der Waals surface area contributed by atoms with Crippen molar-refractivity contribution in [1.29, 1.82) is 0 Å². The van der Waals surface area contributed by atoms with E-state index >= 15 is 0 Å². The minimum absolute atomic E-state index is 1.02. The zero-order chi connectivity index (χ0) is 32.2. The van der Waals surface area contributed by atoms with Gasteiger partial charge in [-0.25, -0.2) is 4.98 Å². The molecule has 0 atom stereocenters. The highest BCUT2D eigenvalue weighted by atomic mass is 15.1. The maximum Gasteiger partial charge on any atom is 0.0790 e. The fourth-order valence-electron chi connectivity index (χ4n) is 7.38. The molecule has 2 heterocycles. The van der Waals surface area contributed by atoms with Gasteiger partial charge in [-0.1, -0.05) is 103 Å². The SMILES string of the molecule is Cc1c(-c2nc3ccccc3c3ccccc23)ccc(-n2c3ccccc3c3cc(N(c4ccccc4)c4ccccc4)ccc32)c1C. The zero-order valence-electron chi connectivity index (χ0n) is 26.9. The van der Waals surface area contributed by atoms with Crippen molar-refractivity contribution in [2.24, 2.45) is 0 Å². The molecule has 9 aromatic rings. The zero-order valence-corrected chi connectivity index (χ0v) is 26.9. The molecule has 0 bridgehead atoms. The van der Waals surface area contributed by atoms with E-state index in [-0.39, 0.29) is 0 Å². The van der Waals surface area contributed by atoms with E-state index in [0.717, 1.165) is 28.3 Å². The highest BCUT2D eigenvalue weighted by Gasteiger charge is 2.20. The quantitative estimate of drug-likeness (QED) is 0.180. The van der Waals surface area contributed by atoms with E-state index in [0.29, 0.717) is 0 Å². The Morgan fingerprint density at radius 1 is 0.438 bits per heavy atom.